The second-order valence-electron chi connectivity index (χ2n) is 4.76. The Morgan fingerprint density at radius 1 is 1.41 bits per heavy atom. The van der Waals surface area contributed by atoms with Crippen LogP contribution in [0.15, 0.2) is 22.9 Å². The number of carbonyl (C=O) groups is 1. The third-order valence-electron chi connectivity index (χ3n) is 3.85. The maximum atomic E-state index is 11.4. The average Bonchev–Trinajstić information content (AvgIpc) is 2.72. The summed E-state index contributed by atoms with van der Waals surface area (Å²) in [5.74, 6) is 0.0638. The summed E-state index contributed by atoms with van der Waals surface area (Å²) in [4.78, 5) is 11.4. The van der Waals surface area contributed by atoms with Crippen molar-refractivity contribution in [1.82, 2.24) is 10.6 Å². The minimum absolute atomic E-state index is 0. The Bertz CT molecular complexity index is 403. The first-order chi connectivity index (χ1) is 7.77. The summed E-state index contributed by atoms with van der Waals surface area (Å²) in [6, 6.07) is 0. The van der Waals surface area contributed by atoms with Gasteiger partial charge in [-0.1, -0.05) is 6.08 Å². The molecule has 0 aromatic rings. The van der Waals surface area contributed by atoms with E-state index in [1.165, 1.54) is 0 Å². The molecule has 0 amide bonds. The van der Waals surface area contributed by atoms with Crippen LogP contribution in [-0.2, 0) is 4.79 Å². The SMILES string of the molecule is Cl.O=C(O)C1=C2NCCC2CC2CNCC=C12. The quantitative estimate of drug-likeness (QED) is 0.653. The molecule has 3 rings (SSSR count). The molecule has 1 aliphatic carbocycles. The molecular weight excluding hydrogens is 240 g/mol. The van der Waals surface area contributed by atoms with E-state index in [0.29, 0.717) is 17.4 Å². The van der Waals surface area contributed by atoms with Crippen LogP contribution in [0, 0.1) is 11.8 Å². The van der Waals surface area contributed by atoms with Crippen LogP contribution in [0.5, 0.6) is 0 Å². The number of nitrogens with one attached hydrogen (secondary N) is 2. The molecule has 4 nitrogen and oxygen atoms in total. The zero-order valence-corrected chi connectivity index (χ0v) is 10.3. The van der Waals surface area contributed by atoms with Crippen LogP contribution >= 0.6 is 12.4 Å². The highest BCUT2D eigenvalue weighted by atomic mass is 35.5. The smallest absolute Gasteiger partial charge is 0.337 e. The number of hydrogen-bond acceptors (Lipinski definition) is 3. The Hall–Kier alpha value is -1.00. The lowest BCUT2D eigenvalue weighted by molar-refractivity contribution is -0.132. The van der Waals surface area contributed by atoms with Gasteiger partial charge < -0.3 is 15.7 Å². The molecule has 3 N–H and O–H groups in total. The Morgan fingerprint density at radius 2 is 2.24 bits per heavy atom. The fourth-order valence-electron chi connectivity index (χ4n) is 3.17. The van der Waals surface area contributed by atoms with E-state index >= 15 is 0 Å². The van der Waals surface area contributed by atoms with E-state index in [4.69, 9.17) is 0 Å². The van der Waals surface area contributed by atoms with Crippen LogP contribution in [0.2, 0.25) is 0 Å². The zero-order valence-electron chi connectivity index (χ0n) is 9.53. The van der Waals surface area contributed by atoms with Crippen molar-refractivity contribution in [2.24, 2.45) is 11.8 Å². The summed E-state index contributed by atoms with van der Waals surface area (Å²) in [5, 5.41) is 15.9. The van der Waals surface area contributed by atoms with Gasteiger partial charge in [0.2, 0.25) is 0 Å². The number of allylic oxidation sites excluding steroid dienone is 1. The number of carboxylic acids is 1. The molecule has 5 heteroatoms. The lowest BCUT2D eigenvalue weighted by atomic mass is 9.75. The van der Waals surface area contributed by atoms with Gasteiger partial charge in [-0.25, -0.2) is 4.79 Å². The van der Waals surface area contributed by atoms with Crippen LogP contribution in [0.25, 0.3) is 0 Å². The Kier molecular flexibility index (Phi) is 3.45. The predicted molar refractivity (Wildman–Crippen MR) is 67.1 cm³/mol. The first-order valence-electron chi connectivity index (χ1n) is 5.90. The second-order valence-corrected chi connectivity index (χ2v) is 4.76. The third-order valence-corrected chi connectivity index (χ3v) is 3.85. The van der Waals surface area contributed by atoms with Crippen molar-refractivity contribution in [3.05, 3.63) is 22.9 Å². The largest absolute Gasteiger partial charge is 0.478 e. The average molecular weight is 257 g/mol. The topological polar surface area (TPSA) is 61.4 Å². The normalized spacial score (nSPS) is 30.7. The molecule has 1 saturated heterocycles. The van der Waals surface area contributed by atoms with Gasteiger partial charge in [-0.05, 0) is 24.3 Å². The minimum atomic E-state index is -0.771. The Morgan fingerprint density at radius 3 is 3.00 bits per heavy atom. The molecule has 2 heterocycles. The predicted octanol–water partition coefficient (Wildman–Crippen LogP) is 0.906. The van der Waals surface area contributed by atoms with Crippen molar-refractivity contribution in [2.75, 3.05) is 19.6 Å². The Balaban J connectivity index is 0.00000108. The van der Waals surface area contributed by atoms with Gasteiger partial charge in [0.15, 0.2) is 0 Å². The van der Waals surface area contributed by atoms with E-state index in [2.05, 4.69) is 10.6 Å². The number of aliphatic carboxylic acids is 1. The number of carboxylic acid groups (broad SMARTS) is 1. The van der Waals surface area contributed by atoms with Crippen LogP contribution in [0.3, 0.4) is 0 Å². The van der Waals surface area contributed by atoms with E-state index in [1.54, 1.807) is 0 Å². The van der Waals surface area contributed by atoms with Crippen molar-refractivity contribution < 1.29 is 9.90 Å². The van der Waals surface area contributed by atoms with Crippen LogP contribution in [0.4, 0.5) is 0 Å². The van der Waals surface area contributed by atoms with Crippen molar-refractivity contribution in [2.45, 2.75) is 12.8 Å². The molecule has 0 aromatic heterocycles. The summed E-state index contributed by atoms with van der Waals surface area (Å²) in [6.45, 7) is 2.64. The first-order valence-corrected chi connectivity index (χ1v) is 5.90. The van der Waals surface area contributed by atoms with Crippen LogP contribution < -0.4 is 10.6 Å². The lowest BCUT2D eigenvalue weighted by Crippen LogP contribution is -2.36. The lowest BCUT2D eigenvalue weighted by Gasteiger charge is -2.33. The van der Waals surface area contributed by atoms with Crippen molar-refractivity contribution in [3.8, 4) is 0 Å². The van der Waals surface area contributed by atoms with Gasteiger partial charge in [-0.15, -0.1) is 12.4 Å². The van der Waals surface area contributed by atoms with Gasteiger partial charge >= 0.3 is 5.97 Å². The van der Waals surface area contributed by atoms with Crippen LogP contribution in [-0.4, -0.2) is 30.7 Å². The monoisotopic (exact) mass is 256 g/mol. The van der Waals surface area contributed by atoms with Gasteiger partial charge in [0.05, 0.1) is 5.57 Å². The van der Waals surface area contributed by atoms with Crippen LogP contribution in [0.1, 0.15) is 12.8 Å². The van der Waals surface area contributed by atoms with Gasteiger partial charge in [0, 0.05) is 31.2 Å². The van der Waals surface area contributed by atoms with Crippen molar-refractivity contribution in [3.63, 3.8) is 0 Å². The van der Waals surface area contributed by atoms with E-state index in [9.17, 15) is 9.90 Å². The molecule has 0 spiro atoms. The van der Waals surface area contributed by atoms with Gasteiger partial charge in [-0.2, -0.15) is 0 Å². The van der Waals surface area contributed by atoms with Gasteiger partial charge in [-0.3, -0.25) is 0 Å². The molecule has 1 fully saturated rings. The summed E-state index contributed by atoms with van der Waals surface area (Å²) < 4.78 is 0. The molecule has 17 heavy (non-hydrogen) atoms. The molecule has 0 saturated carbocycles. The highest BCUT2D eigenvalue weighted by Crippen LogP contribution is 2.41. The van der Waals surface area contributed by atoms with E-state index in [-0.39, 0.29) is 12.4 Å². The van der Waals surface area contributed by atoms with E-state index in [1.807, 2.05) is 6.08 Å². The second kappa shape index (κ2) is 4.70. The molecule has 0 aromatic carbocycles. The summed E-state index contributed by atoms with van der Waals surface area (Å²) in [5.41, 5.74) is 2.59. The summed E-state index contributed by atoms with van der Waals surface area (Å²) in [6.07, 6.45) is 4.22. The number of fused-ring (bicyclic) bond motifs is 2. The number of hydrogen-bond donors (Lipinski definition) is 3. The number of halogens is 1. The minimum Gasteiger partial charge on any atom is -0.478 e. The fourth-order valence-corrected chi connectivity index (χ4v) is 3.17. The molecule has 2 unspecified atom stereocenters. The molecule has 0 bridgehead atoms. The van der Waals surface area contributed by atoms with Crippen molar-refractivity contribution in [1.29, 1.82) is 0 Å². The van der Waals surface area contributed by atoms with E-state index < -0.39 is 5.97 Å². The third kappa shape index (κ3) is 1.96. The maximum Gasteiger partial charge on any atom is 0.337 e. The Labute approximate surface area is 107 Å². The summed E-state index contributed by atoms with van der Waals surface area (Å²) >= 11 is 0. The molecule has 2 atom stereocenters. The molecular formula is C12H17ClN2O2. The molecule has 2 aliphatic heterocycles. The zero-order chi connectivity index (χ0) is 11.1. The molecule has 3 aliphatic rings. The highest BCUT2D eigenvalue weighted by molar-refractivity contribution is 5.93. The van der Waals surface area contributed by atoms with Gasteiger partial charge in [0.25, 0.3) is 0 Å². The maximum absolute atomic E-state index is 11.4. The summed E-state index contributed by atoms with van der Waals surface area (Å²) in [7, 11) is 0. The van der Waals surface area contributed by atoms with Gasteiger partial charge in [0.1, 0.15) is 0 Å². The van der Waals surface area contributed by atoms with Crippen molar-refractivity contribution >= 4 is 18.4 Å². The molecule has 0 radical (unpaired) electrons. The fraction of sp³-hybridized carbons (Fsp3) is 0.583. The number of rotatable bonds is 1. The first kappa shape index (κ1) is 12.5. The highest BCUT2D eigenvalue weighted by Gasteiger charge is 2.38. The molecule has 94 valence electrons. The standard InChI is InChI=1S/C12H16N2O2.ClH/c15-12(16)10-9-2-3-13-6-8(9)5-7-1-4-14-11(7)10;/h2,7-8,13-14H,1,3-6H2,(H,15,16);1H. The van der Waals surface area contributed by atoms with E-state index in [0.717, 1.165) is 43.7 Å².